The lowest BCUT2D eigenvalue weighted by molar-refractivity contribution is 0.271. The molecule has 136 valence electrons. The first-order chi connectivity index (χ1) is 12.1. The van der Waals surface area contributed by atoms with Crippen LogP contribution in [0.5, 0.6) is 0 Å². The number of hydrogen-bond acceptors (Lipinski definition) is 6. The van der Waals surface area contributed by atoms with Gasteiger partial charge in [-0.1, -0.05) is 12.1 Å². The summed E-state index contributed by atoms with van der Waals surface area (Å²) in [5, 5.41) is 7.26. The standard InChI is InChI=1S/C18H26FN5O/c1-4-23-7-9-24(10-8-23)17-6-5-15(19)11-16(17)13(2)20-12-18-21-14(3)25-22-18/h5-6,11,13,20H,4,7-10,12H2,1-3H3/t13-/m0/s1. The second-order valence-electron chi connectivity index (χ2n) is 6.46. The third-order valence-electron chi connectivity index (χ3n) is 4.75. The van der Waals surface area contributed by atoms with E-state index in [4.69, 9.17) is 4.52 Å². The van der Waals surface area contributed by atoms with Crippen molar-refractivity contribution in [1.82, 2.24) is 20.4 Å². The van der Waals surface area contributed by atoms with E-state index in [9.17, 15) is 4.39 Å². The SMILES string of the molecule is CCN1CCN(c2ccc(F)cc2[C@H](C)NCc2noc(C)n2)CC1. The summed E-state index contributed by atoms with van der Waals surface area (Å²) >= 11 is 0. The van der Waals surface area contributed by atoms with Gasteiger partial charge in [-0.15, -0.1) is 0 Å². The number of likely N-dealkylation sites (N-methyl/N-ethyl adjacent to an activating group) is 1. The summed E-state index contributed by atoms with van der Waals surface area (Å²) < 4.78 is 18.9. The van der Waals surface area contributed by atoms with E-state index in [0.29, 0.717) is 18.3 Å². The number of halogens is 1. The maximum Gasteiger partial charge on any atom is 0.223 e. The van der Waals surface area contributed by atoms with Crippen LogP contribution in [0.1, 0.15) is 37.2 Å². The molecule has 1 saturated heterocycles. The maximum atomic E-state index is 13.9. The van der Waals surface area contributed by atoms with Gasteiger partial charge in [0.2, 0.25) is 5.89 Å². The van der Waals surface area contributed by atoms with Crippen molar-refractivity contribution in [2.45, 2.75) is 33.4 Å². The smallest absolute Gasteiger partial charge is 0.223 e. The number of aromatic nitrogens is 2. The van der Waals surface area contributed by atoms with Crippen molar-refractivity contribution >= 4 is 5.69 Å². The fourth-order valence-corrected chi connectivity index (χ4v) is 3.23. The molecule has 0 bridgehead atoms. The van der Waals surface area contributed by atoms with E-state index in [-0.39, 0.29) is 11.9 Å². The molecule has 1 fully saturated rings. The lowest BCUT2D eigenvalue weighted by Gasteiger charge is -2.37. The molecule has 1 atom stereocenters. The van der Waals surface area contributed by atoms with Crippen molar-refractivity contribution in [2.24, 2.45) is 0 Å². The van der Waals surface area contributed by atoms with Gasteiger partial charge in [0.25, 0.3) is 0 Å². The first kappa shape index (κ1) is 17.8. The summed E-state index contributed by atoms with van der Waals surface area (Å²) in [6, 6.07) is 5.04. The minimum Gasteiger partial charge on any atom is -0.369 e. The normalized spacial score (nSPS) is 17.0. The van der Waals surface area contributed by atoms with Crippen LogP contribution in [0, 0.1) is 12.7 Å². The Balaban J connectivity index is 1.72. The Bertz CT molecular complexity index is 697. The molecule has 0 saturated carbocycles. The number of piperazine rings is 1. The molecule has 2 aromatic rings. The van der Waals surface area contributed by atoms with E-state index >= 15 is 0 Å². The van der Waals surface area contributed by atoms with Crippen LogP contribution in [0.15, 0.2) is 22.7 Å². The van der Waals surface area contributed by atoms with Gasteiger partial charge < -0.3 is 19.6 Å². The van der Waals surface area contributed by atoms with Crippen molar-refractivity contribution in [2.75, 3.05) is 37.6 Å². The van der Waals surface area contributed by atoms with Crippen LogP contribution in [0.25, 0.3) is 0 Å². The molecule has 25 heavy (non-hydrogen) atoms. The molecule has 7 heteroatoms. The number of rotatable bonds is 6. The quantitative estimate of drug-likeness (QED) is 0.866. The first-order valence-electron chi connectivity index (χ1n) is 8.86. The zero-order valence-electron chi connectivity index (χ0n) is 15.1. The van der Waals surface area contributed by atoms with Crippen LogP contribution in [0.3, 0.4) is 0 Å². The topological polar surface area (TPSA) is 57.4 Å². The highest BCUT2D eigenvalue weighted by Gasteiger charge is 2.21. The monoisotopic (exact) mass is 347 g/mol. The highest BCUT2D eigenvalue weighted by atomic mass is 19.1. The third kappa shape index (κ3) is 4.35. The van der Waals surface area contributed by atoms with Crippen LogP contribution in [0.4, 0.5) is 10.1 Å². The van der Waals surface area contributed by atoms with Gasteiger partial charge in [0.1, 0.15) is 5.82 Å². The molecule has 1 N–H and O–H groups in total. The number of nitrogens with zero attached hydrogens (tertiary/aromatic N) is 4. The summed E-state index contributed by atoms with van der Waals surface area (Å²) in [7, 11) is 0. The molecule has 2 heterocycles. The molecule has 0 radical (unpaired) electrons. The second kappa shape index (κ2) is 7.93. The van der Waals surface area contributed by atoms with Gasteiger partial charge >= 0.3 is 0 Å². The van der Waals surface area contributed by atoms with Gasteiger partial charge in [0.15, 0.2) is 5.82 Å². The fraction of sp³-hybridized carbons (Fsp3) is 0.556. The molecule has 0 amide bonds. The van der Waals surface area contributed by atoms with Gasteiger partial charge in [0.05, 0.1) is 6.54 Å². The summed E-state index contributed by atoms with van der Waals surface area (Å²) in [5.41, 5.74) is 2.06. The number of hydrogen-bond donors (Lipinski definition) is 1. The van der Waals surface area contributed by atoms with Crippen LogP contribution in [0.2, 0.25) is 0 Å². The van der Waals surface area contributed by atoms with Crippen molar-refractivity contribution in [3.05, 3.63) is 41.3 Å². The summed E-state index contributed by atoms with van der Waals surface area (Å²) in [4.78, 5) is 8.97. The Kier molecular flexibility index (Phi) is 5.65. The molecule has 1 aromatic heterocycles. The van der Waals surface area contributed by atoms with Gasteiger partial charge in [-0.05, 0) is 37.2 Å². The highest BCUT2D eigenvalue weighted by molar-refractivity contribution is 5.55. The lowest BCUT2D eigenvalue weighted by atomic mass is 10.0. The zero-order chi connectivity index (χ0) is 17.8. The van der Waals surface area contributed by atoms with Crippen molar-refractivity contribution in [3.63, 3.8) is 0 Å². The average Bonchev–Trinajstić information content (AvgIpc) is 3.05. The molecular formula is C18H26FN5O. The van der Waals surface area contributed by atoms with E-state index < -0.39 is 0 Å². The molecule has 0 aliphatic carbocycles. The molecule has 1 aliphatic heterocycles. The molecule has 0 spiro atoms. The Morgan fingerprint density at radius 2 is 2.04 bits per heavy atom. The molecule has 0 unspecified atom stereocenters. The average molecular weight is 347 g/mol. The minimum absolute atomic E-state index is 0.0197. The van der Waals surface area contributed by atoms with Gasteiger partial charge in [-0.3, -0.25) is 0 Å². The highest BCUT2D eigenvalue weighted by Crippen LogP contribution is 2.28. The van der Waals surface area contributed by atoms with Crippen LogP contribution in [-0.2, 0) is 6.54 Å². The van der Waals surface area contributed by atoms with Gasteiger partial charge in [-0.25, -0.2) is 4.39 Å². The zero-order valence-corrected chi connectivity index (χ0v) is 15.1. The van der Waals surface area contributed by atoms with Gasteiger partial charge in [-0.2, -0.15) is 4.98 Å². The van der Waals surface area contributed by atoms with Crippen molar-refractivity contribution < 1.29 is 8.91 Å². The van der Waals surface area contributed by atoms with Crippen LogP contribution in [-0.4, -0.2) is 47.8 Å². The van der Waals surface area contributed by atoms with E-state index in [1.54, 1.807) is 19.1 Å². The Hall–Kier alpha value is -1.99. The Morgan fingerprint density at radius 3 is 2.68 bits per heavy atom. The van der Waals surface area contributed by atoms with Gasteiger partial charge in [0, 0.05) is 44.8 Å². The number of anilines is 1. The van der Waals surface area contributed by atoms with E-state index in [0.717, 1.165) is 44.0 Å². The predicted molar refractivity (Wildman–Crippen MR) is 95.0 cm³/mol. The maximum absolute atomic E-state index is 13.9. The number of benzene rings is 1. The molecule has 1 aliphatic rings. The summed E-state index contributed by atoms with van der Waals surface area (Å²) in [5.74, 6) is 0.943. The van der Waals surface area contributed by atoms with E-state index in [1.807, 2.05) is 13.0 Å². The third-order valence-corrected chi connectivity index (χ3v) is 4.75. The summed E-state index contributed by atoms with van der Waals surface area (Å²) in [6.45, 7) is 11.5. The largest absolute Gasteiger partial charge is 0.369 e. The number of nitrogens with one attached hydrogen (secondary N) is 1. The second-order valence-corrected chi connectivity index (χ2v) is 6.46. The molecular weight excluding hydrogens is 321 g/mol. The van der Waals surface area contributed by atoms with Crippen molar-refractivity contribution in [3.8, 4) is 0 Å². The minimum atomic E-state index is -0.213. The van der Waals surface area contributed by atoms with E-state index in [2.05, 4.69) is 32.2 Å². The Morgan fingerprint density at radius 1 is 1.28 bits per heavy atom. The fourth-order valence-electron chi connectivity index (χ4n) is 3.23. The van der Waals surface area contributed by atoms with E-state index in [1.165, 1.54) is 0 Å². The van der Waals surface area contributed by atoms with Crippen LogP contribution < -0.4 is 10.2 Å². The molecule has 1 aromatic carbocycles. The van der Waals surface area contributed by atoms with Crippen molar-refractivity contribution in [1.29, 1.82) is 0 Å². The number of aryl methyl sites for hydroxylation is 1. The molecule has 3 rings (SSSR count). The lowest BCUT2D eigenvalue weighted by Crippen LogP contribution is -2.46. The predicted octanol–water partition coefficient (Wildman–Crippen LogP) is 2.51. The first-order valence-corrected chi connectivity index (χ1v) is 8.86. The summed E-state index contributed by atoms with van der Waals surface area (Å²) in [6.07, 6.45) is 0. The Labute approximate surface area is 148 Å². The van der Waals surface area contributed by atoms with Crippen LogP contribution >= 0.6 is 0 Å². The molecule has 6 nitrogen and oxygen atoms in total.